The quantitative estimate of drug-likeness (QED) is 0.548. The molecule has 0 saturated heterocycles. The van der Waals surface area contributed by atoms with Crippen LogP contribution in [0.4, 0.5) is 5.69 Å². The smallest absolute Gasteiger partial charge is 0.375 e. The molecule has 0 aliphatic heterocycles. The SMILES string of the molecule is Cc1cc(Br)ccc1NC(=O)CNC(=O)COC(=O)c1oc2ccccc2c1C. The maximum absolute atomic E-state index is 12.2. The molecule has 7 nitrogen and oxygen atoms in total. The molecular weight excluding hydrogens is 440 g/mol. The van der Waals surface area contributed by atoms with Crippen LogP contribution in [0.15, 0.2) is 51.4 Å². The normalized spacial score (nSPS) is 10.6. The Morgan fingerprint density at radius 3 is 2.55 bits per heavy atom. The number of anilines is 1. The summed E-state index contributed by atoms with van der Waals surface area (Å²) in [6, 6.07) is 12.7. The standard InChI is InChI=1S/C21H19BrN2O5/c1-12-9-14(22)7-8-16(12)24-18(25)10-23-19(26)11-28-21(27)20-13(2)15-5-3-4-6-17(15)29-20/h3-9H,10-11H2,1-2H3,(H,23,26)(H,24,25). The van der Waals surface area contributed by atoms with Crippen LogP contribution in [0.1, 0.15) is 21.7 Å². The van der Waals surface area contributed by atoms with Crippen molar-refractivity contribution in [3.63, 3.8) is 0 Å². The third kappa shape index (κ3) is 5.03. The van der Waals surface area contributed by atoms with Crippen molar-refractivity contribution in [2.75, 3.05) is 18.5 Å². The van der Waals surface area contributed by atoms with Crippen molar-refractivity contribution >= 4 is 50.4 Å². The van der Waals surface area contributed by atoms with E-state index in [1.165, 1.54) is 0 Å². The minimum atomic E-state index is -0.733. The Hall–Kier alpha value is -3.13. The molecule has 2 N–H and O–H groups in total. The highest BCUT2D eigenvalue weighted by molar-refractivity contribution is 9.10. The molecule has 2 amide bonds. The van der Waals surface area contributed by atoms with Crippen LogP contribution < -0.4 is 10.6 Å². The number of halogens is 1. The number of carbonyl (C=O) groups is 3. The van der Waals surface area contributed by atoms with Gasteiger partial charge >= 0.3 is 5.97 Å². The van der Waals surface area contributed by atoms with Crippen LogP contribution in [0.2, 0.25) is 0 Å². The Bertz CT molecular complexity index is 1090. The fourth-order valence-corrected chi connectivity index (χ4v) is 3.23. The van der Waals surface area contributed by atoms with Gasteiger partial charge in [-0.05, 0) is 43.7 Å². The Kier molecular flexibility index (Phi) is 6.33. The van der Waals surface area contributed by atoms with Crippen LogP contribution in [0.5, 0.6) is 0 Å². The summed E-state index contributed by atoms with van der Waals surface area (Å²) in [4.78, 5) is 36.1. The molecule has 29 heavy (non-hydrogen) atoms. The van der Waals surface area contributed by atoms with Gasteiger partial charge in [-0.25, -0.2) is 4.79 Å². The lowest BCUT2D eigenvalue weighted by Crippen LogP contribution is -2.35. The van der Waals surface area contributed by atoms with E-state index in [-0.39, 0.29) is 18.2 Å². The van der Waals surface area contributed by atoms with E-state index in [4.69, 9.17) is 9.15 Å². The highest BCUT2D eigenvalue weighted by atomic mass is 79.9. The van der Waals surface area contributed by atoms with Crippen molar-refractivity contribution in [3.8, 4) is 0 Å². The van der Waals surface area contributed by atoms with Gasteiger partial charge in [0.1, 0.15) is 5.58 Å². The van der Waals surface area contributed by atoms with Crippen molar-refractivity contribution in [1.82, 2.24) is 5.32 Å². The molecule has 0 atom stereocenters. The minimum Gasteiger partial charge on any atom is -0.450 e. The molecule has 0 aliphatic carbocycles. The van der Waals surface area contributed by atoms with Gasteiger partial charge < -0.3 is 19.8 Å². The molecule has 150 valence electrons. The summed E-state index contributed by atoms with van der Waals surface area (Å²) in [7, 11) is 0. The maximum Gasteiger partial charge on any atom is 0.375 e. The largest absolute Gasteiger partial charge is 0.450 e. The fraction of sp³-hybridized carbons (Fsp3) is 0.190. The lowest BCUT2D eigenvalue weighted by Gasteiger charge is -2.10. The van der Waals surface area contributed by atoms with E-state index in [1.807, 2.05) is 25.1 Å². The van der Waals surface area contributed by atoms with Gasteiger partial charge in [-0.15, -0.1) is 0 Å². The maximum atomic E-state index is 12.2. The molecule has 0 aliphatic rings. The Labute approximate surface area is 175 Å². The molecule has 0 fully saturated rings. The molecule has 1 heterocycles. The van der Waals surface area contributed by atoms with Crippen molar-refractivity contribution in [2.45, 2.75) is 13.8 Å². The van der Waals surface area contributed by atoms with Gasteiger partial charge in [0.2, 0.25) is 11.7 Å². The minimum absolute atomic E-state index is 0.0578. The summed E-state index contributed by atoms with van der Waals surface area (Å²) >= 11 is 3.35. The van der Waals surface area contributed by atoms with E-state index >= 15 is 0 Å². The number of fused-ring (bicyclic) bond motifs is 1. The van der Waals surface area contributed by atoms with Crippen LogP contribution in [-0.4, -0.2) is 30.9 Å². The second-order valence-corrected chi connectivity index (χ2v) is 7.33. The van der Waals surface area contributed by atoms with Crippen molar-refractivity contribution < 1.29 is 23.5 Å². The summed E-state index contributed by atoms with van der Waals surface area (Å²) in [5, 5.41) is 5.93. The fourth-order valence-electron chi connectivity index (χ4n) is 2.76. The number of hydrogen-bond acceptors (Lipinski definition) is 5. The molecule has 3 rings (SSSR count). The summed E-state index contributed by atoms with van der Waals surface area (Å²) in [5.74, 6) is -1.65. The Morgan fingerprint density at radius 2 is 1.83 bits per heavy atom. The third-order valence-corrected chi connectivity index (χ3v) is 4.77. The molecule has 0 bridgehead atoms. The molecule has 0 spiro atoms. The number of nitrogens with one attached hydrogen (secondary N) is 2. The van der Waals surface area contributed by atoms with Crippen LogP contribution in [0.25, 0.3) is 11.0 Å². The van der Waals surface area contributed by atoms with E-state index in [0.717, 1.165) is 15.4 Å². The summed E-state index contributed by atoms with van der Waals surface area (Å²) in [5.41, 5.74) is 2.75. The number of rotatable bonds is 6. The second kappa shape index (κ2) is 8.91. The van der Waals surface area contributed by atoms with Gasteiger partial charge in [0.25, 0.3) is 5.91 Å². The zero-order chi connectivity index (χ0) is 21.0. The first kappa shape index (κ1) is 20.6. The van der Waals surface area contributed by atoms with Gasteiger partial charge in [0.15, 0.2) is 6.61 Å². The average Bonchev–Trinajstić information content (AvgIpc) is 3.04. The molecule has 3 aromatic rings. The van der Waals surface area contributed by atoms with Crippen molar-refractivity contribution in [3.05, 3.63) is 63.8 Å². The molecule has 0 radical (unpaired) electrons. The van der Waals surface area contributed by atoms with Gasteiger partial charge in [0.05, 0.1) is 6.54 Å². The number of benzene rings is 2. The molecular formula is C21H19BrN2O5. The van der Waals surface area contributed by atoms with Crippen LogP contribution in [0.3, 0.4) is 0 Å². The Morgan fingerprint density at radius 1 is 1.07 bits per heavy atom. The van der Waals surface area contributed by atoms with Gasteiger partial charge in [0, 0.05) is 21.1 Å². The van der Waals surface area contributed by atoms with E-state index in [1.54, 1.807) is 31.2 Å². The molecule has 2 aromatic carbocycles. The van der Waals surface area contributed by atoms with E-state index in [0.29, 0.717) is 16.8 Å². The average molecular weight is 459 g/mol. The number of furan rings is 1. The first-order valence-corrected chi connectivity index (χ1v) is 9.62. The number of carbonyl (C=O) groups excluding carboxylic acids is 3. The topological polar surface area (TPSA) is 97.6 Å². The highest BCUT2D eigenvalue weighted by Gasteiger charge is 2.20. The number of ether oxygens (including phenoxy) is 1. The zero-order valence-corrected chi connectivity index (χ0v) is 17.5. The number of aryl methyl sites for hydroxylation is 2. The summed E-state index contributed by atoms with van der Waals surface area (Å²) in [6.45, 7) is 2.85. The van der Waals surface area contributed by atoms with Gasteiger partial charge in [-0.1, -0.05) is 34.1 Å². The monoisotopic (exact) mass is 458 g/mol. The van der Waals surface area contributed by atoms with Crippen molar-refractivity contribution in [1.29, 1.82) is 0 Å². The zero-order valence-electron chi connectivity index (χ0n) is 15.9. The molecule has 8 heteroatoms. The van der Waals surface area contributed by atoms with Gasteiger partial charge in [-0.3, -0.25) is 9.59 Å². The van der Waals surface area contributed by atoms with Crippen LogP contribution >= 0.6 is 15.9 Å². The number of amides is 2. The van der Waals surface area contributed by atoms with Crippen LogP contribution in [0, 0.1) is 13.8 Å². The number of esters is 1. The van der Waals surface area contributed by atoms with E-state index in [9.17, 15) is 14.4 Å². The van der Waals surface area contributed by atoms with E-state index < -0.39 is 18.5 Å². The first-order chi connectivity index (χ1) is 13.8. The van der Waals surface area contributed by atoms with Gasteiger partial charge in [-0.2, -0.15) is 0 Å². The summed E-state index contributed by atoms with van der Waals surface area (Å²) < 4.78 is 11.4. The number of para-hydroxylation sites is 1. The predicted molar refractivity (Wildman–Crippen MR) is 112 cm³/mol. The molecule has 1 aromatic heterocycles. The third-order valence-electron chi connectivity index (χ3n) is 4.27. The Balaban J connectivity index is 1.48. The lowest BCUT2D eigenvalue weighted by molar-refractivity contribution is -0.126. The second-order valence-electron chi connectivity index (χ2n) is 6.41. The molecule has 0 saturated carbocycles. The predicted octanol–water partition coefficient (Wildman–Crippen LogP) is 3.72. The van der Waals surface area contributed by atoms with E-state index in [2.05, 4.69) is 26.6 Å². The lowest BCUT2D eigenvalue weighted by atomic mass is 10.1. The van der Waals surface area contributed by atoms with Crippen molar-refractivity contribution in [2.24, 2.45) is 0 Å². The highest BCUT2D eigenvalue weighted by Crippen LogP contribution is 2.25. The molecule has 0 unspecified atom stereocenters. The number of hydrogen-bond donors (Lipinski definition) is 2. The first-order valence-electron chi connectivity index (χ1n) is 8.83. The van der Waals surface area contributed by atoms with Crippen LogP contribution in [-0.2, 0) is 14.3 Å². The summed E-state index contributed by atoms with van der Waals surface area (Å²) in [6.07, 6.45) is 0.